The number of carbonyl (C=O) groups excluding carboxylic acids is 1. The third kappa shape index (κ3) is 4.74. The molecule has 0 radical (unpaired) electrons. The van der Waals surface area contributed by atoms with Crippen LogP contribution in [0.1, 0.15) is 22.0 Å². The molecule has 2 rings (SSSR count). The molecule has 23 heavy (non-hydrogen) atoms. The summed E-state index contributed by atoms with van der Waals surface area (Å²) in [5.41, 5.74) is 1.19. The Morgan fingerprint density at radius 1 is 1.30 bits per heavy atom. The smallest absolute Gasteiger partial charge is 0.387 e. The van der Waals surface area contributed by atoms with Crippen molar-refractivity contribution in [1.82, 2.24) is 10.2 Å². The Balaban J connectivity index is 2.07. The maximum Gasteiger partial charge on any atom is 0.387 e. The van der Waals surface area contributed by atoms with E-state index >= 15 is 0 Å². The van der Waals surface area contributed by atoms with Crippen molar-refractivity contribution in [2.75, 3.05) is 20.6 Å². The number of alkyl halides is 2. The summed E-state index contributed by atoms with van der Waals surface area (Å²) in [5, 5.41) is 6.77. The number of rotatable bonds is 7. The quantitative estimate of drug-likeness (QED) is 0.840. The second kappa shape index (κ2) is 8.03. The summed E-state index contributed by atoms with van der Waals surface area (Å²) in [5.74, 6) is -0.569. The first kappa shape index (κ1) is 17.4. The number of para-hydroxylation sites is 1. The molecule has 0 spiro atoms. The van der Waals surface area contributed by atoms with Gasteiger partial charge in [0.05, 0.1) is 11.6 Å². The van der Waals surface area contributed by atoms with E-state index in [0.717, 1.165) is 5.56 Å². The Hall–Kier alpha value is -1.99. The minimum absolute atomic E-state index is 0.00776. The zero-order valence-corrected chi connectivity index (χ0v) is 13.6. The van der Waals surface area contributed by atoms with Gasteiger partial charge >= 0.3 is 6.61 Å². The molecule has 0 aliphatic carbocycles. The third-order valence-corrected chi connectivity index (χ3v) is 4.06. The molecule has 0 unspecified atom stereocenters. The molecule has 0 fully saturated rings. The summed E-state index contributed by atoms with van der Waals surface area (Å²) < 4.78 is 29.2. The maximum atomic E-state index is 12.4. The van der Waals surface area contributed by atoms with Gasteiger partial charge in [-0.2, -0.15) is 20.1 Å². The van der Waals surface area contributed by atoms with Gasteiger partial charge in [-0.1, -0.05) is 12.1 Å². The van der Waals surface area contributed by atoms with Gasteiger partial charge in [-0.25, -0.2) is 0 Å². The standard InChI is InChI=1S/C16H18F2N2O2S/c1-20(2)13(11-7-8-23-10-11)9-19-15(21)12-5-3-4-6-14(12)22-16(17)18/h3-8,10,13,16H,9H2,1-2H3,(H,19,21)/t13-/m0/s1. The minimum atomic E-state index is -2.97. The number of thiophene rings is 1. The van der Waals surface area contributed by atoms with Gasteiger partial charge in [0.15, 0.2) is 0 Å². The second-order valence-electron chi connectivity index (χ2n) is 5.12. The summed E-state index contributed by atoms with van der Waals surface area (Å²) in [6.07, 6.45) is 0. The molecule has 1 N–H and O–H groups in total. The monoisotopic (exact) mass is 340 g/mol. The predicted molar refractivity (Wildman–Crippen MR) is 86.2 cm³/mol. The van der Waals surface area contributed by atoms with Crippen LogP contribution >= 0.6 is 11.3 Å². The first-order chi connectivity index (χ1) is 11.0. The van der Waals surface area contributed by atoms with Crippen LogP contribution in [0.2, 0.25) is 0 Å². The molecule has 0 aliphatic heterocycles. The number of halogens is 2. The van der Waals surface area contributed by atoms with Crippen LogP contribution in [0.3, 0.4) is 0 Å². The lowest BCUT2D eigenvalue weighted by Crippen LogP contribution is -2.34. The highest BCUT2D eigenvalue weighted by molar-refractivity contribution is 7.07. The summed E-state index contributed by atoms with van der Waals surface area (Å²) in [6, 6.07) is 7.97. The first-order valence-corrected chi connectivity index (χ1v) is 7.94. The molecule has 1 atom stereocenters. The van der Waals surface area contributed by atoms with Crippen LogP contribution in [-0.2, 0) is 0 Å². The van der Waals surface area contributed by atoms with Crippen LogP contribution in [0.15, 0.2) is 41.1 Å². The van der Waals surface area contributed by atoms with E-state index in [4.69, 9.17) is 0 Å². The Morgan fingerprint density at radius 2 is 2.04 bits per heavy atom. The zero-order chi connectivity index (χ0) is 16.8. The molecule has 7 heteroatoms. The lowest BCUT2D eigenvalue weighted by Gasteiger charge is -2.24. The average molecular weight is 340 g/mol. The van der Waals surface area contributed by atoms with E-state index in [1.165, 1.54) is 12.1 Å². The Labute approximate surface area is 137 Å². The number of benzene rings is 1. The van der Waals surface area contributed by atoms with Gasteiger partial charge < -0.3 is 15.0 Å². The van der Waals surface area contributed by atoms with E-state index < -0.39 is 12.5 Å². The largest absolute Gasteiger partial charge is 0.434 e. The summed E-state index contributed by atoms with van der Waals surface area (Å²) >= 11 is 1.58. The van der Waals surface area contributed by atoms with Crippen molar-refractivity contribution in [3.63, 3.8) is 0 Å². The van der Waals surface area contributed by atoms with Crippen LogP contribution in [0.5, 0.6) is 5.75 Å². The molecule has 124 valence electrons. The van der Waals surface area contributed by atoms with Gasteiger partial charge in [-0.3, -0.25) is 4.79 Å². The molecule has 1 aromatic heterocycles. The molecule has 0 bridgehead atoms. The van der Waals surface area contributed by atoms with E-state index in [1.54, 1.807) is 23.5 Å². The van der Waals surface area contributed by atoms with Crippen molar-refractivity contribution in [1.29, 1.82) is 0 Å². The zero-order valence-electron chi connectivity index (χ0n) is 12.8. The van der Waals surface area contributed by atoms with E-state index in [0.29, 0.717) is 6.54 Å². The molecule has 0 saturated carbocycles. The Bertz CT molecular complexity index is 633. The highest BCUT2D eigenvalue weighted by atomic mass is 32.1. The van der Waals surface area contributed by atoms with Crippen molar-refractivity contribution in [2.24, 2.45) is 0 Å². The summed E-state index contributed by atoms with van der Waals surface area (Å²) in [4.78, 5) is 14.3. The molecular formula is C16H18F2N2O2S. The van der Waals surface area contributed by atoms with E-state index in [9.17, 15) is 13.6 Å². The lowest BCUT2D eigenvalue weighted by atomic mass is 10.1. The van der Waals surface area contributed by atoms with Gasteiger partial charge in [0.25, 0.3) is 5.91 Å². The molecule has 1 amide bonds. The number of likely N-dealkylation sites (N-methyl/N-ethyl adjacent to an activating group) is 1. The van der Waals surface area contributed by atoms with Gasteiger partial charge in [0.1, 0.15) is 5.75 Å². The molecule has 0 aliphatic rings. The van der Waals surface area contributed by atoms with Crippen LogP contribution in [-0.4, -0.2) is 38.1 Å². The normalized spacial score (nSPS) is 12.4. The van der Waals surface area contributed by atoms with Crippen LogP contribution in [0.25, 0.3) is 0 Å². The highest BCUT2D eigenvalue weighted by Crippen LogP contribution is 2.22. The van der Waals surface area contributed by atoms with Crippen LogP contribution in [0, 0.1) is 0 Å². The number of carbonyl (C=O) groups is 1. The summed E-state index contributed by atoms with van der Waals surface area (Å²) in [6.45, 7) is -2.60. The minimum Gasteiger partial charge on any atom is -0.434 e. The fourth-order valence-corrected chi connectivity index (χ4v) is 2.91. The number of hydrogen-bond acceptors (Lipinski definition) is 4. The van der Waals surface area contributed by atoms with Crippen molar-refractivity contribution < 1.29 is 18.3 Å². The Kier molecular flexibility index (Phi) is 6.06. The topological polar surface area (TPSA) is 41.6 Å². The van der Waals surface area contributed by atoms with Crippen LogP contribution in [0.4, 0.5) is 8.78 Å². The third-order valence-electron chi connectivity index (χ3n) is 3.36. The number of amides is 1. The van der Waals surface area contributed by atoms with E-state index in [1.807, 2.05) is 35.8 Å². The van der Waals surface area contributed by atoms with Crippen molar-refractivity contribution in [2.45, 2.75) is 12.7 Å². The number of hydrogen-bond donors (Lipinski definition) is 1. The van der Waals surface area contributed by atoms with E-state index in [-0.39, 0.29) is 17.4 Å². The lowest BCUT2D eigenvalue weighted by molar-refractivity contribution is -0.0501. The number of nitrogens with one attached hydrogen (secondary N) is 1. The highest BCUT2D eigenvalue weighted by Gasteiger charge is 2.19. The fourth-order valence-electron chi connectivity index (χ4n) is 2.20. The molecule has 4 nitrogen and oxygen atoms in total. The molecule has 1 aromatic carbocycles. The van der Waals surface area contributed by atoms with Crippen molar-refractivity contribution in [3.05, 3.63) is 52.2 Å². The summed E-state index contributed by atoms with van der Waals surface area (Å²) in [7, 11) is 3.84. The SMILES string of the molecule is CN(C)[C@@H](CNC(=O)c1ccccc1OC(F)F)c1ccsc1. The van der Waals surface area contributed by atoms with E-state index in [2.05, 4.69) is 10.1 Å². The van der Waals surface area contributed by atoms with Gasteiger partial charge in [0, 0.05) is 6.54 Å². The Morgan fingerprint density at radius 3 is 2.65 bits per heavy atom. The fraction of sp³-hybridized carbons (Fsp3) is 0.312. The molecule has 1 heterocycles. The number of nitrogens with zero attached hydrogens (tertiary/aromatic N) is 1. The predicted octanol–water partition coefficient (Wildman–Crippen LogP) is 3.38. The van der Waals surface area contributed by atoms with Crippen molar-refractivity contribution in [3.8, 4) is 5.75 Å². The average Bonchev–Trinajstić information content (AvgIpc) is 3.01. The van der Waals surface area contributed by atoms with Crippen LogP contribution < -0.4 is 10.1 Å². The number of ether oxygens (including phenoxy) is 1. The molecule has 2 aromatic rings. The van der Waals surface area contributed by atoms with Gasteiger partial charge in [0.2, 0.25) is 0 Å². The molecule has 0 saturated heterocycles. The maximum absolute atomic E-state index is 12.4. The molecular weight excluding hydrogens is 322 g/mol. The second-order valence-corrected chi connectivity index (χ2v) is 5.90. The first-order valence-electron chi connectivity index (χ1n) is 6.99. The van der Waals surface area contributed by atoms with Gasteiger partial charge in [-0.15, -0.1) is 0 Å². The van der Waals surface area contributed by atoms with Gasteiger partial charge in [-0.05, 0) is 48.6 Å². The van der Waals surface area contributed by atoms with Crippen molar-refractivity contribution >= 4 is 17.2 Å².